The van der Waals surface area contributed by atoms with Gasteiger partial charge in [-0.25, -0.2) is 22.5 Å². The number of fused-ring (bicyclic) bond motifs is 1. The molecule has 1 amide bonds. The molecular formula is C17H21F2N5O3S. The molecule has 28 heavy (non-hydrogen) atoms. The normalized spacial score (nSPS) is 23.1. The third-order valence-corrected chi connectivity index (χ3v) is 6.25. The Bertz CT molecular complexity index is 1000. The van der Waals surface area contributed by atoms with Crippen LogP contribution >= 0.6 is 0 Å². The second-order valence-electron chi connectivity index (χ2n) is 6.72. The summed E-state index contributed by atoms with van der Waals surface area (Å²) in [6, 6.07) is 1.93. The molecule has 0 radical (unpaired) electrons. The van der Waals surface area contributed by atoms with Crippen LogP contribution in [0.5, 0.6) is 0 Å². The maximum Gasteiger partial charge on any atom is 0.280 e. The summed E-state index contributed by atoms with van der Waals surface area (Å²) in [6.45, 7) is 1.54. The van der Waals surface area contributed by atoms with Gasteiger partial charge in [0, 0.05) is 36.7 Å². The number of alkyl halides is 2. The first-order chi connectivity index (χ1) is 13.1. The van der Waals surface area contributed by atoms with Crippen molar-refractivity contribution in [2.75, 3.05) is 5.32 Å². The van der Waals surface area contributed by atoms with E-state index in [9.17, 15) is 22.9 Å². The van der Waals surface area contributed by atoms with E-state index in [2.05, 4.69) is 15.0 Å². The summed E-state index contributed by atoms with van der Waals surface area (Å²) in [7, 11) is -1.83. The average Bonchev–Trinajstić information content (AvgIpc) is 2.89. The van der Waals surface area contributed by atoms with E-state index in [1.807, 2.05) is 0 Å². The van der Waals surface area contributed by atoms with Crippen LogP contribution in [0.1, 0.15) is 41.5 Å². The van der Waals surface area contributed by atoms with E-state index in [1.54, 1.807) is 14.0 Å². The third-order valence-electron chi connectivity index (χ3n) is 4.64. The zero-order valence-electron chi connectivity index (χ0n) is 15.3. The number of aliphatic hydroxyl groups excluding tert-OH is 1. The average molecular weight is 413 g/mol. The molecule has 2 aromatic heterocycles. The molecule has 0 aliphatic carbocycles. The number of hydrogen-bond acceptors (Lipinski definition) is 5. The fourth-order valence-corrected chi connectivity index (χ4v) is 4.97. The fraction of sp³-hybridized carbons (Fsp3) is 0.412. The molecule has 3 heterocycles. The predicted octanol–water partition coefficient (Wildman–Crippen LogP) is 2.22. The highest BCUT2D eigenvalue weighted by Crippen LogP contribution is 2.29. The van der Waals surface area contributed by atoms with Crippen molar-refractivity contribution in [1.29, 1.82) is 4.78 Å². The molecule has 8 nitrogen and oxygen atoms in total. The summed E-state index contributed by atoms with van der Waals surface area (Å²) in [5.41, 5.74) is 0.337. The van der Waals surface area contributed by atoms with Crippen molar-refractivity contribution in [2.24, 2.45) is 7.05 Å². The van der Waals surface area contributed by atoms with Gasteiger partial charge in [0.1, 0.15) is 21.3 Å². The molecule has 2 unspecified atom stereocenters. The minimum atomic E-state index is -3.42. The van der Waals surface area contributed by atoms with Crippen molar-refractivity contribution < 1.29 is 22.9 Å². The summed E-state index contributed by atoms with van der Waals surface area (Å²) in [6.07, 6.45) is -0.235. The van der Waals surface area contributed by atoms with Crippen molar-refractivity contribution in [3.8, 4) is 0 Å². The summed E-state index contributed by atoms with van der Waals surface area (Å²) in [5, 5.41) is 12.4. The zero-order chi connectivity index (χ0) is 20.6. The number of carbonyl (C=O) groups is 1. The molecule has 2 aromatic rings. The molecule has 0 saturated carbocycles. The molecule has 0 aromatic carbocycles. The van der Waals surface area contributed by atoms with Crippen molar-refractivity contribution in [2.45, 2.75) is 43.2 Å². The summed E-state index contributed by atoms with van der Waals surface area (Å²) in [5.74, 6) is -0.569. The highest BCUT2D eigenvalue weighted by molar-refractivity contribution is 7.90. The maximum atomic E-state index is 12.8. The van der Waals surface area contributed by atoms with Crippen molar-refractivity contribution >= 4 is 21.5 Å². The predicted molar refractivity (Wildman–Crippen MR) is 98.6 cm³/mol. The van der Waals surface area contributed by atoms with E-state index in [0.717, 1.165) is 6.07 Å². The van der Waals surface area contributed by atoms with Crippen LogP contribution in [0.2, 0.25) is 0 Å². The first-order valence-corrected chi connectivity index (χ1v) is 10.1. The van der Waals surface area contributed by atoms with E-state index in [1.165, 1.54) is 23.0 Å². The van der Waals surface area contributed by atoms with E-state index >= 15 is 0 Å². The lowest BCUT2D eigenvalue weighted by Crippen LogP contribution is -2.40. The molecule has 0 spiro atoms. The van der Waals surface area contributed by atoms with Gasteiger partial charge in [-0.2, -0.15) is 0 Å². The van der Waals surface area contributed by atoms with Crippen LogP contribution in [0, 0.1) is 4.78 Å². The minimum absolute atomic E-state index is 0.158. The smallest absolute Gasteiger partial charge is 0.280 e. The summed E-state index contributed by atoms with van der Waals surface area (Å²) < 4.78 is 50.8. The third kappa shape index (κ3) is 3.91. The fourth-order valence-electron chi connectivity index (χ4n) is 3.25. The van der Waals surface area contributed by atoms with Gasteiger partial charge in [-0.1, -0.05) is 0 Å². The molecule has 0 bridgehead atoms. The lowest BCUT2D eigenvalue weighted by atomic mass is 10.0. The molecule has 4 N–H and O–H groups in total. The van der Waals surface area contributed by atoms with Crippen molar-refractivity contribution in [3.05, 3.63) is 41.5 Å². The van der Waals surface area contributed by atoms with Gasteiger partial charge in [-0.15, -0.1) is 0 Å². The lowest BCUT2D eigenvalue weighted by Gasteiger charge is -2.19. The number of nitrogens with zero attached hydrogens (tertiary/aromatic N) is 2. The number of carbonyl (C=O) groups excluding carboxylic acids is 1. The summed E-state index contributed by atoms with van der Waals surface area (Å²) >= 11 is 0. The standard InChI is InChI=1S/C17H21F2N5O3S/c1-9(25)12-4-3-11-14(28(20,27)23-12)8-24(2)15(11)17(26)22-10-5-6-21-13(7-10)16(18)19/h5-9,12,16,25H,3-4H2,1-2H3,(H2,20,23,27)(H,21,22,26)/t9?,12-,28?/m1/s1. The van der Waals surface area contributed by atoms with Crippen LogP contribution in [-0.4, -0.2) is 36.9 Å². The monoisotopic (exact) mass is 413 g/mol. The summed E-state index contributed by atoms with van der Waals surface area (Å²) in [4.78, 5) is 16.6. The number of pyridine rings is 1. The maximum absolute atomic E-state index is 12.8. The number of aromatic nitrogens is 2. The SMILES string of the molecule is CC(O)[C@H]1CCc2c(cn(C)c2C(=O)Nc2ccnc(C(F)F)c2)S(=N)(=O)N1. The molecule has 1 aliphatic rings. The van der Waals surface area contributed by atoms with E-state index in [0.29, 0.717) is 18.4 Å². The van der Waals surface area contributed by atoms with E-state index in [4.69, 9.17) is 4.78 Å². The molecule has 3 rings (SSSR count). The quantitative estimate of drug-likeness (QED) is 0.614. The molecule has 11 heteroatoms. The molecular weight excluding hydrogens is 392 g/mol. The van der Waals surface area contributed by atoms with Gasteiger partial charge in [0.25, 0.3) is 12.3 Å². The second kappa shape index (κ2) is 7.57. The number of amides is 1. The Morgan fingerprint density at radius 3 is 2.89 bits per heavy atom. The highest BCUT2D eigenvalue weighted by Gasteiger charge is 2.32. The largest absolute Gasteiger partial charge is 0.392 e. The van der Waals surface area contributed by atoms with Gasteiger partial charge in [-0.05, 0) is 31.9 Å². The van der Waals surface area contributed by atoms with E-state index < -0.39 is 40.1 Å². The minimum Gasteiger partial charge on any atom is -0.392 e. The highest BCUT2D eigenvalue weighted by atomic mass is 32.2. The Labute approximate surface area is 161 Å². The van der Waals surface area contributed by atoms with Crippen LogP contribution in [0.4, 0.5) is 14.5 Å². The number of rotatable bonds is 4. The van der Waals surface area contributed by atoms with Gasteiger partial charge >= 0.3 is 0 Å². The van der Waals surface area contributed by atoms with Gasteiger partial charge in [0.15, 0.2) is 0 Å². The Morgan fingerprint density at radius 1 is 1.54 bits per heavy atom. The number of anilines is 1. The van der Waals surface area contributed by atoms with Crippen LogP contribution in [-0.2, 0) is 23.4 Å². The second-order valence-corrected chi connectivity index (χ2v) is 8.50. The lowest BCUT2D eigenvalue weighted by molar-refractivity contribution is 0.101. The van der Waals surface area contributed by atoms with E-state index in [-0.39, 0.29) is 16.3 Å². The van der Waals surface area contributed by atoms with Gasteiger partial charge < -0.3 is 15.0 Å². The van der Waals surface area contributed by atoms with Crippen LogP contribution in [0.25, 0.3) is 0 Å². The number of nitrogens with one attached hydrogen (secondary N) is 3. The van der Waals surface area contributed by atoms with Crippen LogP contribution in [0.3, 0.4) is 0 Å². The Morgan fingerprint density at radius 2 is 2.25 bits per heavy atom. The molecule has 3 atom stereocenters. The first kappa shape index (κ1) is 20.4. The molecule has 0 saturated heterocycles. The van der Waals surface area contributed by atoms with Crippen molar-refractivity contribution in [3.63, 3.8) is 0 Å². The van der Waals surface area contributed by atoms with Gasteiger partial charge in [0.05, 0.1) is 11.0 Å². The number of halogens is 2. The Kier molecular flexibility index (Phi) is 5.50. The van der Waals surface area contributed by atoms with Gasteiger partial charge in [0.2, 0.25) is 0 Å². The van der Waals surface area contributed by atoms with Crippen LogP contribution in [0.15, 0.2) is 29.4 Å². The number of hydrogen-bond donors (Lipinski definition) is 4. The molecule has 152 valence electrons. The first-order valence-electron chi connectivity index (χ1n) is 8.58. The number of aryl methyl sites for hydroxylation is 1. The zero-order valence-corrected chi connectivity index (χ0v) is 16.1. The van der Waals surface area contributed by atoms with Crippen LogP contribution < -0.4 is 10.0 Å². The van der Waals surface area contributed by atoms with Gasteiger partial charge in [-0.3, -0.25) is 9.78 Å². The Balaban J connectivity index is 1.95. The molecule has 0 fully saturated rings. The molecule has 1 aliphatic heterocycles. The van der Waals surface area contributed by atoms with Crippen molar-refractivity contribution in [1.82, 2.24) is 14.3 Å². The Hall–Kier alpha value is -2.37. The topological polar surface area (TPSA) is 120 Å². The number of aliphatic hydroxyl groups is 1.